The third kappa shape index (κ3) is 9.59. The number of benzene rings is 2. The first-order valence-electron chi connectivity index (χ1n) is 22.2. The van der Waals surface area contributed by atoms with E-state index in [0.717, 1.165) is 87.6 Å². The number of hydrazine groups is 2. The zero-order valence-corrected chi connectivity index (χ0v) is 38.6. The van der Waals surface area contributed by atoms with Crippen LogP contribution >= 0.6 is 0 Å². The minimum absolute atomic E-state index is 0. The first-order valence-corrected chi connectivity index (χ1v) is 22.2. The van der Waals surface area contributed by atoms with Crippen molar-refractivity contribution < 1.29 is 47.9 Å². The minimum Gasteiger partial charge on any atom is -0.495 e. The molecule has 2 aromatic carbocycles. The van der Waals surface area contributed by atoms with E-state index in [0.29, 0.717) is 34.3 Å². The van der Waals surface area contributed by atoms with Crippen LogP contribution in [-0.2, 0) is 24.6 Å². The van der Waals surface area contributed by atoms with Crippen molar-refractivity contribution in [2.45, 2.75) is 147 Å². The maximum atomic E-state index is 16.2. The minimum atomic E-state index is -0.476. The SMILES string of the molecule is C[CH-]C(C)C1[CH-]N2C(C)N[N+](=O)C2[C@H](C)N=C1c1ccc(C2CCC3(CC=[N+](C4CCC(C(=O)NC5CCC(Oc6ccc(C#N)c(OC)c6)CC5)NN4)C3)CC2)cc1F.[Os+2]. The molecule has 4 heterocycles. The predicted octanol–water partition coefficient (Wildman–Crippen LogP) is 6.02. The molecule has 1 spiro atoms. The molecule has 61 heavy (non-hydrogen) atoms. The Labute approximate surface area is 373 Å². The van der Waals surface area contributed by atoms with E-state index < -0.39 is 6.17 Å². The van der Waals surface area contributed by atoms with E-state index in [9.17, 15) is 15.0 Å². The van der Waals surface area contributed by atoms with E-state index >= 15 is 4.39 Å². The molecule has 6 aliphatic rings. The normalized spacial score (nSPS) is 33.2. The number of fused-ring (bicyclic) bond motifs is 1. The van der Waals surface area contributed by atoms with Crippen LogP contribution in [0.2, 0.25) is 0 Å². The molecule has 0 radical (unpaired) electrons. The molecule has 2 saturated heterocycles. The van der Waals surface area contributed by atoms with E-state index in [1.54, 1.807) is 31.4 Å². The van der Waals surface area contributed by atoms with E-state index in [1.807, 2.05) is 31.7 Å². The second-order valence-corrected chi connectivity index (χ2v) is 18.2. The summed E-state index contributed by atoms with van der Waals surface area (Å²) < 4.78 is 30.2. The van der Waals surface area contributed by atoms with Crippen molar-refractivity contribution in [3.8, 4) is 17.6 Å². The second kappa shape index (κ2) is 19.3. The van der Waals surface area contributed by atoms with Gasteiger partial charge in [-0.15, -0.1) is 11.3 Å². The van der Waals surface area contributed by atoms with Crippen LogP contribution in [0.15, 0.2) is 41.4 Å². The fourth-order valence-corrected chi connectivity index (χ4v) is 10.6. The van der Waals surface area contributed by atoms with Gasteiger partial charge in [0.15, 0.2) is 0 Å². The molecule has 1 amide bonds. The van der Waals surface area contributed by atoms with Gasteiger partial charge in [0, 0.05) is 41.6 Å². The number of aliphatic imine (C=N–C) groups is 1. The summed E-state index contributed by atoms with van der Waals surface area (Å²) in [6.45, 7) is 11.1. The van der Waals surface area contributed by atoms with Crippen LogP contribution in [-0.4, -0.2) is 88.6 Å². The summed E-state index contributed by atoms with van der Waals surface area (Å²) in [6, 6.07) is 12.7. The Morgan fingerprint density at radius 3 is 2.54 bits per heavy atom. The van der Waals surface area contributed by atoms with Gasteiger partial charge in [0.25, 0.3) is 6.17 Å². The number of nitroso groups, excluding NO2 is 1. The van der Waals surface area contributed by atoms with Crippen LogP contribution in [0.5, 0.6) is 11.5 Å². The molecule has 0 bridgehead atoms. The van der Waals surface area contributed by atoms with Gasteiger partial charge in [0.2, 0.25) is 12.1 Å². The van der Waals surface area contributed by atoms with Gasteiger partial charge in [0.1, 0.15) is 59.3 Å². The summed E-state index contributed by atoms with van der Waals surface area (Å²) in [5.74, 6) is 1.26. The number of hydrogen-bond donors (Lipinski definition) is 4. The largest absolute Gasteiger partial charge is 2.00 e. The van der Waals surface area contributed by atoms with E-state index in [1.165, 1.54) is 0 Å². The van der Waals surface area contributed by atoms with Gasteiger partial charge in [-0.25, -0.2) is 14.4 Å². The Balaban J connectivity index is 0.00000561. The molecular formula is C46H62FN9O4Os+2. The number of nitrogens with one attached hydrogen (secondary N) is 4. The molecule has 8 rings (SSSR count). The third-order valence-electron chi connectivity index (χ3n) is 14.4. The van der Waals surface area contributed by atoms with Crippen molar-refractivity contribution in [2.75, 3.05) is 13.7 Å². The molecular weight excluding hydrogens is 952 g/mol. The fourth-order valence-electron chi connectivity index (χ4n) is 10.6. The van der Waals surface area contributed by atoms with E-state index in [4.69, 9.17) is 14.5 Å². The number of nitriles is 1. The zero-order chi connectivity index (χ0) is 42.1. The quantitative estimate of drug-likeness (QED) is 0.166. The van der Waals surface area contributed by atoms with Crippen molar-refractivity contribution in [1.82, 2.24) is 26.5 Å². The molecule has 2 saturated carbocycles. The summed E-state index contributed by atoms with van der Waals surface area (Å²) in [6.07, 6.45) is 14.3. The molecule has 7 atom stereocenters. The van der Waals surface area contributed by atoms with E-state index in [-0.39, 0.29) is 85.3 Å². The molecule has 328 valence electrons. The van der Waals surface area contributed by atoms with Crippen molar-refractivity contribution in [3.05, 3.63) is 76.8 Å². The molecule has 13 nitrogen and oxygen atoms in total. The standard InChI is InChI=1S/C46H62FN9O4.Os/c1-6-28(2)38-26-55-30(4)53-56(58)45(55)29(3)49-43(38)37-14-8-32(23-39(37)47)31-17-19-46(20-18-31)21-22-54(27-46)42-16-15-40(51-52-42)44(57)50-34-9-12-35(13-10-34)60-36-11-7-33(25-48)41(24-36)59-5;/h6-8,11,14,22-24,26,28-31,34-35,38,40,42,45,51-52H,9-10,12-13,15-21,27H2,1-5H3,(H,50,57)(H,53,58);/q;+2/t28?,29-,30?,31?,34?,35?,38?,40?,42?,45?,46?;/m0./s1. The molecule has 4 fully saturated rings. The van der Waals surface area contributed by atoms with Gasteiger partial charge in [-0.05, 0) is 101 Å². The summed E-state index contributed by atoms with van der Waals surface area (Å²) in [4.78, 5) is 34.0. The Hall–Kier alpha value is -3.81. The summed E-state index contributed by atoms with van der Waals surface area (Å²) >= 11 is 0. The molecule has 2 aromatic rings. The number of halogens is 1. The number of amides is 1. The number of nitrogens with zero attached hydrogens (tertiary/aromatic N) is 5. The number of methoxy groups -OCH3 is 1. The zero-order valence-electron chi connectivity index (χ0n) is 36.1. The van der Waals surface area contributed by atoms with Crippen LogP contribution < -0.4 is 31.1 Å². The first-order chi connectivity index (χ1) is 29.0. The van der Waals surface area contributed by atoms with Crippen molar-refractivity contribution in [2.24, 2.45) is 22.2 Å². The average Bonchev–Trinajstić information content (AvgIpc) is 3.75. The molecule has 15 heteroatoms. The summed E-state index contributed by atoms with van der Waals surface area (Å²) in [7, 11) is 1.55. The summed E-state index contributed by atoms with van der Waals surface area (Å²) in [5.41, 5.74) is 12.7. The molecule has 0 aromatic heterocycles. The Kier molecular flexibility index (Phi) is 14.3. The van der Waals surface area contributed by atoms with Gasteiger partial charge >= 0.3 is 19.8 Å². The Morgan fingerprint density at radius 1 is 1.10 bits per heavy atom. The number of carbonyl (C=O) groups is 1. The van der Waals surface area contributed by atoms with Crippen molar-refractivity contribution in [1.29, 1.82) is 5.26 Å². The predicted molar refractivity (Wildman–Crippen MR) is 226 cm³/mol. The third-order valence-corrected chi connectivity index (χ3v) is 14.4. The van der Waals surface area contributed by atoms with Gasteiger partial charge in [0.05, 0.1) is 23.7 Å². The number of hydrogen-bond acceptors (Lipinski definition) is 9. The average molecular weight is 1010 g/mol. The molecule has 4 aliphatic heterocycles. The smallest absolute Gasteiger partial charge is 0.495 e. The van der Waals surface area contributed by atoms with Gasteiger partial charge in [-0.3, -0.25) is 16.3 Å². The van der Waals surface area contributed by atoms with E-state index in [2.05, 4.69) is 64.4 Å². The molecule has 2 aliphatic carbocycles. The number of ether oxygens (including phenoxy) is 2. The van der Waals surface area contributed by atoms with Crippen molar-refractivity contribution >= 4 is 17.8 Å². The van der Waals surface area contributed by atoms with Crippen LogP contribution in [0.4, 0.5) is 4.39 Å². The van der Waals surface area contributed by atoms with Gasteiger partial charge in [-0.2, -0.15) is 23.5 Å². The Bertz CT molecular complexity index is 2020. The number of carbonyl (C=O) groups excluding carboxylic acids is 1. The van der Waals surface area contributed by atoms with Gasteiger partial charge in [-0.1, -0.05) is 19.1 Å². The number of rotatable bonds is 10. The topological polar surface area (TPSA) is 146 Å². The van der Waals surface area contributed by atoms with Crippen LogP contribution in [0.3, 0.4) is 0 Å². The maximum absolute atomic E-state index is 16.2. The molecule has 4 N–H and O–H groups in total. The first kappa shape index (κ1) is 45.2. The van der Waals surface area contributed by atoms with Crippen molar-refractivity contribution in [3.63, 3.8) is 0 Å². The Morgan fingerprint density at radius 2 is 1.87 bits per heavy atom. The van der Waals surface area contributed by atoms with Crippen LogP contribution in [0.1, 0.15) is 121 Å². The van der Waals surface area contributed by atoms with Crippen LogP contribution in [0, 0.1) is 52.3 Å². The second-order valence-electron chi connectivity index (χ2n) is 18.2. The maximum Gasteiger partial charge on any atom is 2.00 e. The van der Waals surface area contributed by atoms with Crippen LogP contribution in [0.25, 0.3) is 0 Å². The monoisotopic (exact) mass is 1020 g/mol. The van der Waals surface area contributed by atoms with Gasteiger partial charge < -0.3 is 26.1 Å². The fraction of sp³-hybridized carbons (Fsp3) is 0.609. The molecule has 6 unspecified atom stereocenters. The summed E-state index contributed by atoms with van der Waals surface area (Å²) in [5, 5.41) is 12.5.